The molecule has 0 aromatic heterocycles. The van der Waals surface area contributed by atoms with Crippen LogP contribution >= 0.6 is 0 Å². The van der Waals surface area contributed by atoms with E-state index in [4.69, 9.17) is 10.8 Å². The summed E-state index contributed by atoms with van der Waals surface area (Å²) in [5, 5.41) is 8.94. The summed E-state index contributed by atoms with van der Waals surface area (Å²) in [5.41, 5.74) is 5.57. The maximum absolute atomic E-state index is 8.94. The van der Waals surface area contributed by atoms with Gasteiger partial charge in [-0.1, -0.05) is 13.8 Å². The number of aliphatic hydroxyl groups excluding tert-OH is 1. The quantitative estimate of drug-likeness (QED) is 0.593. The van der Waals surface area contributed by atoms with Crippen molar-refractivity contribution < 1.29 is 5.11 Å². The van der Waals surface area contributed by atoms with Crippen molar-refractivity contribution in [3.8, 4) is 0 Å². The maximum atomic E-state index is 8.94. The summed E-state index contributed by atoms with van der Waals surface area (Å²) in [6, 6.07) is -0.0509. The van der Waals surface area contributed by atoms with Crippen LogP contribution in [0, 0.1) is 5.92 Å². The lowest BCUT2D eigenvalue weighted by Crippen LogP contribution is -2.33. The number of aliphatic hydroxyl groups is 1. The number of hydrogen-bond acceptors (Lipinski definition) is 2. The average molecular weight is 131 g/mol. The van der Waals surface area contributed by atoms with Crippen LogP contribution in [0.5, 0.6) is 0 Å². The Morgan fingerprint density at radius 2 is 1.78 bits per heavy atom. The van der Waals surface area contributed by atoms with Crippen LogP contribution in [0.4, 0.5) is 0 Å². The lowest BCUT2D eigenvalue weighted by atomic mass is 10.0. The minimum absolute atomic E-state index is 0.0509. The minimum atomic E-state index is -0.368. The summed E-state index contributed by atoms with van der Waals surface area (Å²) >= 11 is 0. The van der Waals surface area contributed by atoms with E-state index in [1.807, 2.05) is 0 Å². The summed E-state index contributed by atoms with van der Waals surface area (Å²) in [7, 11) is 0. The monoisotopic (exact) mass is 131 g/mol. The molecular formula is C7H17NO. The molecule has 0 bridgehead atoms. The first-order chi connectivity index (χ1) is 4.04. The number of nitrogens with two attached hydrogens (primary N) is 1. The van der Waals surface area contributed by atoms with Crippen LogP contribution in [0.3, 0.4) is 0 Å². The van der Waals surface area contributed by atoms with Crippen LogP contribution in [0.15, 0.2) is 0 Å². The van der Waals surface area contributed by atoms with Gasteiger partial charge in [0.2, 0.25) is 0 Å². The molecular weight excluding hydrogens is 114 g/mol. The SMILES string of the molecule is CC(C)C[C@@H](N)[C@H](C)O. The van der Waals surface area contributed by atoms with Gasteiger partial charge in [0.05, 0.1) is 6.10 Å². The van der Waals surface area contributed by atoms with E-state index in [-0.39, 0.29) is 12.1 Å². The molecule has 2 atom stereocenters. The first kappa shape index (κ1) is 8.92. The normalized spacial score (nSPS) is 18.0. The Kier molecular flexibility index (Phi) is 3.82. The van der Waals surface area contributed by atoms with Gasteiger partial charge in [0.1, 0.15) is 0 Å². The molecule has 2 nitrogen and oxygen atoms in total. The Bertz CT molecular complexity index is 71.3. The Balaban J connectivity index is 3.38. The van der Waals surface area contributed by atoms with Gasteiger partial charge in [0.15, 0.2) is 0 Å². The molecule has 0 aliphatic rings. The summed E-state index contributed by atoms with van der Waals surface area (Å²) < 4.78 is 0. The van der Waals surface area contributed by atoms with Gasteiger partial charge in [-0.15, -0.1) is 0 Å². The van der Waals surface area contributed by atoms with E-state index in [1.54, 1.807) is 6.92 Å². The van der Waals surface area contributed by atoms with Gasteiger partial charge in [0, 0.05) is 6.04 Å². The summed E-state index contributed by atoms with van der Waals surface area (Å²) in [6.07, 6.45) is 0.532. The van der Waals surface area contributed by atoms with Crippen LogP contribution in [-0.2, 0) is 0 Å². The van der Waals surface area contributed by atoms with E-state index >= 15 is 0 Å². The predicted molar refractivity (Wildman–Crippen MR) is 39.1 cm³/mol. The molecule has 2 heteroatoms. The van der Waals surface area contributed by atoms with Crippen molar-refractivity contribution in [3.05, 3.63) is 0 Å². The van der Waals surface area contributed by atoms with Crippen molar-refractivity contribution >= 4 is 0 Å². The third-order valence-electron chi connectivity index (χ3n) is 1.36. The van der Waals surface area contributed by atoms with Gasteiger partial charge in [-0.25, -0.2) is 0 Å². The Labute approximate surface area is 57.1 Å². The van der Waals surface area contributed by atoms with Gasteiger partial charge >= 0.3 is 0 Å². The Hall–Kier alpha value is -0.0800. The smallest absolute Gasteiger partial charge is 0.0663 e. The molecule has 0 spiro atoms. The molecule has 0 heterocycles. The van der Waals surface area contributed by atoms with E-state index in [2.05, 4.69) is 13.8 Å². The molecule has 9 heavy (non-hydrogen) atoms. The van der Waals surface area contributed by atoms with Gasteiger partial charge < -0.3 is 10.8 Å². The Morgan fingerprint density at radius 1 is 1.33 bits per heavy atom. The van der Waals surface area contributed by atoms with Crippen molar-refractivity contribution in [2.45, 2.75) is 39.3 Å². The summed E-state index contributed by atoms with van der Waals surface area (Å²) in [6.45, 7) is 5.93. The second-order valence-electron chi connectivity index (χ2n) is 3.03. The minimum Gasteiger partial charge on any atom is -0.392 e. The fourth-order valence-corrected chi connectivity index (χ4v) is 0.741. The van der Waals surface area contributed by atoms with Crippen molar-refractivity contribution in [2.75, 3.05) is 0 Å². The molecule has 0 aliphatic carbocycles. The zero-order chi connectivity index (χ0) is 7.44. The van der Waals surface area contributed by atoms with Gasteiger partial charge in [-0.05, 0) is 19.3 Å². The molecule has 0 saturated heterocycles. The fraction of sp³-hybridized carbons (Fsp3) is 1.00. The third kappa shape index (κ3) is 4.43. The first-order valence-electron chi connectivity index (χ1n) is 3.47. The highest BCUT2D eigenvalue weighted by Gasteiger charge is 2.09. The van der Waals surface area contributed by atoms with E-state index in [9.17, 15) is 0 Å². The van der Waals surface area contributed by atoms with Crippen LogP contribution in [0.2, 0.25) is 0 Å². The van der Waals surface area contributed by atoms with Crippen molar-refractivity contribution in [1.82, 2.24) is 0 Å². The second kappa shape index (κ2) is 3.85. The van der Waals surface area contributed by atoms with Crippen LogP contribution in [0.1, 0.15) is 27.2 Å². The lowest BCUT2D eigenvalue weighted by molar-refractivity contribution is 0.152. The van der Waals surface area contributed by atoms with E-state index in [1.165, 1.54) is 0 Å². The summed E-state index contributed by atoms with van der Waals surface area (Å²) in [5.74, 6) is 0.578. The van der Waals surface area contributed by atoms with E-state index < -0.39 is 0 Å². The largest absolute Gasteiger partial charge is 0.392 e. The van der Waals surface area contributed by atoms with Crippen molar-refractivity contribution in [3.63, 3.8) is 0 Å². The number of hydrogen-bond donors (Lipinski definition) is 2. The molecule has 56 valence electrons. The van der Waals surface area contributed by atoms with Gasteiger partial charge in [0.25, 0.3) is 0 Å². The van der Waals surface area contributed by atoms with E-state index in [0.29, 0.717) is 5.92 Å². The van der Waals surface area contributed by atoms with Crippen molar-refractivity contribution in [1.29, 1.82) is 0 Å². The molecule has 0 radical (unpaired) electrons. The molecule has 0 aromatic carbocycles. The maximum Gasteiger partial charge on any atom is 0.0663 e. The summed E-state index contributed by atoms with van der Waals surface area (Å²) in [4.78, 5) is 0. The van der Waals surface area contributed by atoms with Gasteiger partial charge in [-0.2, -0.15) is 0 Å². The second-order valence-corrected chi connectivity index (χ2v) is 3.03. The van der Waals surface area contributed by atoms with Crippen molar-refractivity contribution in [2.24, 2.45) is 11.7 Å². The predicted octanol–water partition coefficient (Wildman–Crippen LogP) is 0.741. The van der Waals surface area contributed by atoms with Gasteiger partial charge in [-0.3, -0.25) is 0 Å². The lowest BCUT2D eigenvalue weighted by Gasteiger charge is -2.16. The molecule has 0 fully saturated rings. The molecule has 0 aliphatic heterocycles. The first-order valence-corrected chi connectivity index (χ1v) is 3.47. The van der Waals surface area contributed by atoms with Crippen LogP contribution < -0.4 is 5.73 Å². The topological polar surface area (TPSA) is 46.2 Å². The van der Waals surface area contributed by atoms with Crippen LogP contribution in [0.25, 0.3) is 0 Å². The molecule has 0 unspecified atom stereocenters. The molecule has 3 N–H and O–H groups in total. The molecule has 0 saturated carbocycles. The third-order valence-corrected chi connectivity index (χ3v) is 1.36. The Morgan fingerprint density at radius 3 is 1.89 bits per heavy atom. The number of rotatable bonds is 3. The fourth-order valence-electron chi connectivity index (χ4n) is 0.741. The molecule has 0 rings (SSSR count). The highest BCUT2D eigenvalue weighted by atomic mass is 16.3. The highest BCUT2D eigenvalue weighted by molar-refractivity contribution is 4.68. The standard InChI is InChI=1S/C7H17NO/c1-5(2)4-7(8)6(3)9/h5-7,9H,4,8H2,1-3H3/t6-,7+/m0/s1. The molecule has 0 amide bonds. The zero-order valence-electron chi connectivity index (χ0n) is 6.46. The average Bonchev–Trinajstić information content (AvgIpc) is 1.63. The molecule has 0 aromatic rings. The van der Waals surface area contributed by atoms with E-state index in [0.717, 1.165) is 6.42 Å². The van der Waals surface area contributed by atoms with Crippen LogP contribution in [-0.4, -0.2) is 17.3 Å². The zero-order valence-corrected chi connectivity index (χ0v) is 6.46. The highest BCUT2D eigenvalue weighted by Crippen LogP contribution is 2.04.